The lowest BCUT2D eigenvalue weighted by Gasteiger charge is -2.11. The molecule has 6 heteroatoms. The maximum absolute atomic E-state index is 12.0. The summed E-state index contributed by atoms with van der Waals surface area (Å²) in [6, 6.07) is 16.0. The average Bonchev–Trinajstić information content (AvgIpc) is 2.79. The smallest absolute Gasteiger partial charge is 0.263 e. The first-order valence-corrected chi connectivity index (χ1v) is 8.43. The molecule has 2 aromatic carbocycles. The van der Waals surface area contributed by atoms with Gasteiger partial charge in [-0.3, -0.25) is 9.71 Å². The minimum absolute atomic E-state index is 0.151. The zero-order valence-corrected chi connectivity index (χ0v) is 12.6. The third-order valence-electron chi connectivity index (χ3n) is 3.50. The normalized spacial score (nSPS) is 18.7. The lowest BCUT2D eigenvalue weighted by molar-refractivity contribution is 0.266. The standard InChI is InChI=1S/C16H16N2O3S/c19-11-13(10-12-6-2-1-3-7-12)17-16-14-8-4-5-9-15(14)22(20,21)18-16/h1-9,13,19H,10-11H2,(H,17,18)/t13-/m0/s1. The molecule has 0 amide bonds. The number of benzene rings is 2. The molecule has 0 unspecified atom stereocenters. The Morgan fingerprint density at radius 3 is 2.45 bits per heavy atom. The Kier molecular flexibility index (Phi) is 3.96. The fourth-order valence-electron chi connectivity index (χ4n) is 2.45. The number of hydrogen-bond donors (Lipinski definition) is 2. The van der Waals surface area contributed by atoms with Crippen LogP contribution in [0.25, 0.3) is 0 Å². The van der Waals surface area contributed by atoms with Crippen LogP contribution in [0.15, 0.2) is 64.5 Å². The van der Waals surface area contributed by atoms with Gasteiger partial charge in [0, 0.05) is 5.56 Å². The van der Waals surface area contributed by atoms with Crippen molar-refractivity contribution in [2.24, 2.45) is 4.99 Å². The Balaban J connectivity index is 1.91. The largest absolute Gasteiger partial charge is 0.394 e. The van der Waals surface area contributed by atoms with E-state index in [1.165, 1.54) is 0 Å². The van der Waals surface area contributed by atoms with E-state index in [1.807, 2.05) is 30.3 Å². The Morgan fingerprint density at radius 1 is 1.05 bits per heavy atom. The number of aliphatic imine (C=N–C) groups is 1. The number of sulfonamides is 1. The van der Waals surface area contributed by atoms with Crippen LogP contribution >= 0.6 is 0 Å². The van der Waals surface area contributed by atoms with E-state index in [4.69, 9.17) is 0 Å². The predicted molar refractivity (Wildman–Crippen MR) is 84.3 cm³/mol. The highest BCUT2D eigenvalue weighted by Crippen LogP contribution is 2.22. The van der Waals surface area contributed by atoms with Gasteiger partial charge in [-0.15, -0.1) is 0 Å². The zero-order chi connectivity index (χ0) is 15.6. The van der Waals surface area contributed by atoms with Crippen molar-refractivity contribution in [1.82, 2.24) is 4.72 Å². The molecular formula is C16H16N2O3S. The third kappa shape index (κ3) is 2.88. The van der Waals surface area contributed by atoms with E-state index in [-0.39, 0.29) is 11.5 Å². The van der Waals surface area contributed by atoms with Crippen molar-refractivity contribution >= 4 is 15.9 Å². The lowest BCUT2D eigenvalue weighted by atomic mass is 10.1. The van der Waals surface area contributed by atoms with Crippen LogP contribution in [0.4, 0.5) is 0 Å². The zero-order valence-electron chi connectivity index (χ0n) is 11.8. The highest BCUT2D eigenvalue weighted by atomic mass is 32.2. The molecule has 0 saturated heterocycles. The van der Waals surface area contributed by atoms with Crippen LogP contribution in [0.2, 0.25) is 0 Å². The summed E-state index contributed by atoms with van der Waals surface area (Å²) in [5, 5.41) is 9.54. The first-order chi connectivity index (χ1) is 10.6. The van der Waals surface area contributed by atoms with Gasteiger partial charge in [0.15, 0.2) is 0 Å². The monoisotopic (exact) mass is 316 g/mol. The van der Waals surface area contributed by atoms with Crippen molar-refractivity contribution in [3.05, 3.63) is 65.7 Å². The number of amidine groups is 1. The van der Waals surface area contributed by atoms with Crippen LogP contribution in [0.1, 0.15) is 11.1 Å². The molecule has 2 aromatic rings. The number of rotatable bonds is 4. The first-order valence-electron chi connectivity index (χ1n) is 6.95. The van der Waals surface area contributed by atoms with Crippen molar-refractivity contribution in [3.63, 3.8) is 0 Å². The van der Waals surface area contributed by atoms with Crippen LogP contribution < -0.4 is 4.72 Å². The fraction of sp³-hybridized carbons (Fsp3) is 0.188. The van der Waals surface area contributed by atoms with Gasteiger partial charge in [0.25, 0.3) is 10.0 Å². The number of aliphatic hydroxyl groups is 1. The van der Waals surface area contributed by atoms with Crippen molar-refractivity contribution in [1.29, 1.82) is 0 Å². The van der Waals surface area contributed by atoms with Crippen LogP contribution in [0.5, 0.6) is 0 Å². The van der Waals surface area contributed by atoms with E-state index in [1.54, 1.807) is 24.3 Å². The van der Waals surface area contributed by atoms with Gasteiger partial charge in [-0.25, -0.2) is 8.42 Å². The highest BCUT2D eigenvalue weighted by Gasteiger charge is 2.30. The van der Waals surface area contributed by atoms with Gasteiger partial charge in [-0.1, -0.05) is 42.5 Å². The summed E-state index contributed by atoms with van der Waals surface area (Å²) in [4.78, 5) is 4.63. The Hall–Kier alpha value is -2.18. The maximum Gasteiger partial charge on any atom is 0.263 e. The summed E-state index contributed by atoms with van der Waals surface area (Å²) in [5.74, 6) is 0.297. The molecule has 1 atom stereocenters. The second-order valence-electron chi connectivity index (χ2n) is 5.11. The van der Waals surface area contributed by atoms with Crippen molar-refractivity contribution < 1.29 is 13.5 Å². The summed E-state index contributed by atoms with van der Waals surface area (Å²) in [6.45, 7) is -0.151. The van der Waals surface area contributed by atoms with E-state index in [9.17, 15) is 13.5 Å². The maximum atomic E-state index is 12.0. The molecule has 1 aliphatic heterocycles. The Labute approximate surface area is 129 Å². The minimum atomic E-state index is -3.54. The first kappa shape index (κ1) is 14.7. The van der Waals surface area contributed by atoms with Gasteiger partial charge in [0.2, 0.25) is 0 Å². The van der Waals surface area contributed by atoms with Gasteiger partial charge in [0.05, 0.1) is 17.5 Å². The minimum Gasteiger partial charge on any atom is -0.394 e. The Bertz CT molecular complexity index is 801. The van der Waals surface area contributed by atoms with Crippen LogP contribution in [0.3, 0.4) is 0 Å². The summed E-state index contributed by atoms with van der Waals surface area (Å²) in [7, 11) is -3.54. The average molecular weight is 316 g/mol. The van der Waals surface area contributed by atoms with Crippen LogP contribution in [-0.2, 0) is 16.4 Å². The fourth-order valence-corrected chi connectivity index (χ4v) is 3.69. The van der Waals surface area contributed by atoms with Gasteiger partial charge >= 0.3 is 0 Å². The Morgan fingerprint density at radius 2 is 1.73 bits per heavy atom. The summed E-state index contributed by atoms with van der Waals surface area (Å²) in [6.07, 6.45) is 0.546. The van der Waals surface area contributed by atoms with E-state index in [0.717, 1.165) is 5.56 Å². The van der Waals surface area contributed by atoms with E-state index >= 15 is 0 Å². The second-order valence-corrected chi connectivity index (χ2v) is 6.76. The molecule has 114 valence electrons. The number of aliphatic hydroxyl groups excluding tert-OH is 1. The van der Waals surface area contributed by atoms with E-state index < -0.39 is 16.1 Å². The van der Waals surface area contributed by atoms with Crippen LogP contribution in [0, 0.1) is 0 Å². The van der Waals surface area contributed by atoms with Crippen molar-refractivity contribution in [3.8, 4) is 0 Å². The molecule has 3 rings (SSSR count). The number of hydrogen-bond acceptors (Lipinski definition) is 4. The quantitative estimate of drug-likeness (QED) is 0.893. The lowest BCUT2D eigenvalue weighted by Crippen LogP contribution is -2.26. The molecule has 1 aliphatic rings. The third-order valence-corrected chi connectivity index (χ3v) is 4.90. The molecule has 0 radical (unpaired) electrons. The topological polar surface area (TPSA) is 78.8 Å². The number of nitrogens with zero attached hydrogens (tertiary/aromatic N) is 1. The molecule has 2 N–H and O–H groups in total. The highest BCUT2D eigenvalue weighted by molar-refractivity contribution is 7.90. The molecule has 0 aromatic heterocycles. The van der Waals surface area contributed by atoms with E-state index in [2.05, 4.69) is 9.71 Å². The number of nitrogens with one attached hydrogen (secondary N) is 1. The molecular weight excluding hydrogens is 300 g/mol. The van der Waals surface area contributed by atoms with E-state index in [0.29, 0.717) is 17.8 Å². The molecule has 1 heterocycles. The molecule has 0 aliphatic carbocycles. The molecule has 0 bridgehead atoms. The molecule has 0 saturated carbocycles. The molecule has 22 heavy (non-hydrogen) atoms. The second kappa shape index (κ2) is 5.90. The molecule has 0 spiro atoms. The van der Waals surface area contributed by atoms with Crippen molar-refractivity contribution in [2.75, 3.05) is 6.61 Å². The summed E-state index contributed by atoms with van der Waals surface area (Å²) < 4.78 is 26.5. The van der Waals surface area contributed by atoms with Crippen molar-refractivity contribution in [2.45, 2.75) is 17.4 Å². The SMILES string of the molecule is O=S1(=O)NC(=N[C@H](CO)Cc2ccccc2)c2ccccc21. The summed E-state index contributed by atoms with van der Waals surface area (Å²) >= 11 is 0. The van der Waals surface area contributed by atoms with Gasteiger partial charge in [-0.05, 0) is 24.1 Å². The van der Waals surface area contributed by atoms with Gasteiger partial charge in [0.1, 0.15) is 5.84 Å². The number of fused-ring (bicyclic) bond motifs is 1. The molecule has 5 nitrogen and oxygen atoms in total. The van der Waals surface area contributed by atoms with Gasteiger partial charge in [-0.2, -0.15) is 0 Å². The molecule has 0 fully saturated rings. The predicted octanol–water partition coefficient (Wildman–Crippen LogP) is 1.33. The van der Waals surface area contributed by atoms with Crippen LogP contribution in [-0.4, -0.2) is 32.0 Å². The summed E-state index contributed by atoms with van der Waals surface area (Å²) in [5.41, 5.74) is 1.59. The van der Waals surface area contributed by atoms with Gasteiger partial charge < -0.3 is 5.11 Å².